The van der Waals surface area contributed by atoms with Gasteiger partial charge < -0.3 is 14.7 Å². The highest BCUT2D eigenvalue weighted by atomic mass is 19.1. The van der Waals surface area contributed by atoms with Gasteiger partial charge in [0, 0.05) is 43.3 Å². The average Bonchev–Trinajstić information content (AvgIpc) is 2.87. The Labute approximate surface area is 205 Å². The van der Waals surface area contributed by atoms with Crippen molar-refractivity contribution in [3.05, 3.63) is 77.6 Å². The first-order valence-corrected chi connectivity index (χ1v) is 11.8. The van der Waals surface area contributed by atoms with Crippen LogP contribution >= 0.6 is 0 Å². The highest BCUT2D eigenvalue weighted by molar-refractivity contribution is 5.96. The maximum absolute atomic E-state index is 13.6. The van der Waals surface area contributed by atoms with Crippen LogP contribution in [0.3, 0.4) is 0 Å². The standard InChI is InChI=1S/C27H30FN5O2/c1-19(2)33(27(35)22-5-4-6-23(28)17-22)18-26(34)32-15-13-31(14-16-32)25-12-11-24(29-30-25)21-9-7-20(3)8-10-21/h4-12,17,19H,13-16,18H2,1-3H3. The van der Waals surface area contributed by atoms with E-state index in [1.807, 2.05) is 57.2 Å². The number of anilines is 1. The van der Waals surface area contributed by atoms with Crippen molar-refractivity contribution in [3.63, 3.8) is 0 Å². The molecule has 2 aromatic carbocycles. The third kappa shape index (κ3) is 5.82. The van der Waals surface area contributed by atoms with Gasteiger partial charge in [-0.15, -0.1) is 10.2 Å². The summed E-state index contributed by atoms with van der Waals surface area (Å²) in [6, 6.07) is 17.4. The first kappa shape index (κ1) is 24.3. The van der Waals surface area contributed by atoms with E-state index in [0.717, 1.165) is 17.1 Å². The van der Waals surface area contributed by atoms with Crippen molar-refractivity contribution in [1.82, 2.24) is 20.0 Å². The summed E-state index contributed by atoms with van der Waals surface area (Å²) in [4.78, 5) is 31.3. The number of hydrogen-bond donors (Lipinski definition) is 0. The van der Waals surface area contributed by atoms with Crippen molar-refractivity contribution < 1.29 is 14.0 Å². The van der Waals surface area contributed by atoms with Crippen LogP contribution in [0.2, 0.25) is 0 Å². The molecule has 2 heterocycles. The Morgan fingerprint density at radius 1 is 0.971 bits per heavy atom. The molecule has 4 rings (SSSR count). The molecule has 3 aromatic rings. The van der Waals surface area contributed by atoms with E-state index < -0.39 is 5.82 Å². The molecule has 0 aliphatic carbocycles. The number of piperazine rings is 1. The van der Waals surface area contributed by atoms with Gasteiger partial charge in [-0.3, -0.25) is 9.59 Å². The maximum atomic E-state index is 13.6. The smallest absolute Gasteiger partial charge is 0.254 e. The fourth-order valence-electron chi connectivity index (χ4n) is 4.08. The summed E-state index contributed by atoms with van der Waals surface area (Å²) in [6.07, 6.45) is 0. The number of amides is 2. The molecule has 0 radical (unpaired) electrons. The number of aromatic nitrogens is 2. The lowest BCUT2D eigenvalue weighted by Crippen LogP contribution is -2.53. The monoisotopic (exact) mass is 475 g/mol. The molecule has 35 heavy (non-hydrogen) atoms. The molecule has 8 heteroatoms. The zero-order valence-corrected chi connectivity index (χ0v) is 20.3. The van der Waals surface area contributed by atoms with Crippen molar-refractivity contribution in [1.29, 1.82) is 0 Å². The first-order valence-electron chi connectivity index (χ1n) is 11.8. The van der Waals surface area contributed by atoms with Crippen LogP contribution in [0, 0.1) is 12.7 Å². The summed E-state index contributed by atoms with van der Waals surface area (Å²) in [5, 5.41) is 8.77. The molecule has 0 saturated carbocycles. The van der Waals surface area contributed by atoms with Gasteiger partial charge in [0.15, 0.2) is 5.82 Å². The molecule has 1 fully saturated rings. The summed E-state index contributed by atoms with van der Waals surface area (Å²) in [7, 11) is 0. The Hall–Kier alpha value is -3.81. The largest absolute Gasteiger partial charge is 0.352 e. The second-order valence-corrected chi connectivity index (χ2v) is 9.05. The SMILES string of the molecule is Cc1ccc(-c2ccc(N3CCN(C(=O)CN(C(=O)c4cccc(F)c4)C(C)C)CC3)nn2)cc1. The Bertz CT molecular complexity index is 1170. The lowest BCUT2D eigenvalue weighted by Gasteiger charge is -2.36. The molecule has 0 spiro atoms. The molecule has 2 amide bonds. The number of benzene rings is 2. The van der Waals surface area contributed by atoms with Gasteiger partial charge in [0.25, 0.3) is 5.91 Å². The molecule has 182 valence electrons. The van der Waals surface area contributed by atoms with Gasteiger partial charge in [0.2, 0.25) is 5.91 Å². The Kier molecular flexibility index (Phi) is 7.39. The van der Waals surface area contributed by atoms with Crippen molar-refractivity contribution in [2.24, 2.45) is 0 Å². The van der Waals surface area contributed by atoms with Crippen molar-refractivity contribution in [2.75, 3.05) is 37.6 Å². The number of rotatable bonds is 6. The highest BCUT2D eigenvalue weighted by Gasteiger charge is 2.27. The Morgan fingerprint density at radius 2 is 1.69 bits per heavy atom. The molecule has 0 unspecified atom stereocenters. The number of aryl methyl sites for hydroxylation is 1. The predicted octanol–water partition coefficient (Wildman–Crippen LogP) is 3.79. The summed E-state index contributed by atoms with van der Waals surface area (Å²) in [5.41, 5.74) is 3.27. The summed E-state index contributed by atoms with van der Waals surface area (Å²) < 4.78 is 13.6. The minimum absolute atomic E-state index is 0.0436. The molecule has 0 bridgehead atoms. The van der Waals surface area contributed by atoms with Gasteiger partial charge >= 0.3 is 0 Å². The van der Waals surface area contributed by atoms with Crippen LogP contribution in [0.1, 0.15) is 29.8 Å². The summed E-state index contributed by atoms with van der Waals surface area (Å²) in [6.45, 7) is 8.01. The molecular formula is C27H30FN5O2. The lowest BCUT2D eigenvalue weighted by atomic mass is 10.1. The first-order chi connectivity index (χ1) is 16.8. The lowest BCUT2D eigenvalue weighted by molar-refractivity contribution is -0.132. The third-order valence-electron chi connectivity index (χ3n) is 6.22. The second-order valence-electron chi connectivity index (χ2n) is 9.05. The number of carbonyl (C=O) groups excluding carboxylic acids is 2. The van der Waals surface area contributed by atoms with E-state index in [4.69, 9.17) is 0 Å². The molecule has 0 N–H and O–H groups in total. The number of carbonyl (C=O) groups is 2. The molecular weight excluding hydrogens is 445 g/mol. The van der Waals surface area contributed by atoms with Crippen LogP contribution in [0.15, 0.2) is 60.7 Å². The van der Waals surface area contributed by atoms with Crippen LogP contribution in [0.25, 0.3) is 11.3 Å². The minimum atomic E-state index is -0.475. The molecule has 1 aromatic heterocycles. The molecule has 1 aliphatic heterocycles. The van der Waals surface area contributed by atoms with Crippen LogP contribution < -0.4 is 4.90 Å². The van der Waals surface area contributed by atoms with Crippen molar-refractivity contribution in [2.45, 2.75) is 26.8 Å². The molecule has 1 saturated heterocycles. The van der Waals surface area contributed by atoms with Gasteiger partial charge in [-0.2, -0.15) is 0 Å². The second kappa shape index (κ2) is 10.6. The highest BCUT2D eigenvalue weighted by Crippen LogP contribution is 2.20. The van der Waals surface area contributed by atoms with E-state index >= 15 is 0 Å². The normalized spacial score (nSPS) is 13.7. The quantitative estimate of drug-likeness (QED) is 0.543. The van der Waals surface area contributed by atoms with E-state index in [0.29, 0.717) is 26.2 Å². The zero-order valence-electron chi connectivity index (χ0n) is 20.3. The van der Waals surface area contributed by atoms with Gasteiger partial charge in [-0.05, 0) is 51.1 Å². The van der Waals surface area contributed by atoms with Crippen LogP contribution in [0.5, 0.6) is 0 Å². The third-order valence-corrected chi connectivity index (χ3v) is 6.22. The van der Waals surface area contributed by atoms with Gasteiger partial charge in [0.1, 0.15) is 12.4 Å². The topological polar surface area (TPSA) is 69.6 Å². The van der Waals surface area contributed by atoms with E-state index in [-0.39, 0.29) is 30.0 Å². The number of nitrogens with zero attached hydrogens (tertiary/aromatic N) is 5. The van der Waals surface area contributed by atoms with Crippen molar-refractivity contribution >= 4 is 17.6 Å². The van der Waals surface area contributed by atoms with Crippen molar-refractivity contribution in [3.8, 4) is 11.3 Å². The van der Waals surface area contributed by atoms with E-state index in [1.54, 1.807) is 11.0 Å². The van der Waals surface area contributed by atoms with E-state index in [2.05, 4.69) is 15.1 Å². The van der Waals surface area contributed by atoms with Gasteiger partial charge in [-0.1, -0.05) is 35.9 Å². The molecule has 1 aliphatic rings. The van der Waals surface area contributed by atoms with Crippen LogP contribution in [-0.2, 0) is 4.79 Å². The van der Waals surface area contributed by atoms with Crippen LogP contribution in [0.4, 0.5) is 10.2 Å². The fourth-order valence-corrected chi connectivity index (χ4v) is 4.08. The summed E-state index contributed by atoms with van der Waals surface area (Å²) in [5.74, 6) is -0.172. The Balaban J connectivity index is 1.34. The fraction of sp³-hybridized carbons (Fsp3) is 0.333. The van der Waals surface area contributed by atoms with Gasteiger partial charge in [0.05, 0.1) is 5.69 Å². The van der Waals surface area contributed by atoms with Crippen LogP contribution in [-0.4, -0.2) is 70.6 Å². The molecule has 0 atom stereocenters. The zero-order chi connectivity index (χ0) is 24.9. The van der Waals surface area contributed by atoms with Gasteiger partial charge in [-0.25, -0.2) is 4.39 Å². The van der Waals surface area contributed by atoms with E-state index in [1.165, 1.54) is 28.7 Å². The predicted molar refractivity (Wildman–Crippen MR) is 134 cm³/mol. The number of hydrogen-bond acceptors (Lipinski definition) is 5. The Morgan fingerprint density at radius 3 is 2.29 bits per heavy atom. The summed E-state index contributed by atoms with van der Waals surface area (Å²) >= 11 is 0. The maximum Gasteiger partial charge on any atom is 0.254 e. The average molecular weight is 476 g/mol. The number of halogens is 1. The minimum Gasteiger partial charge on any atom is -0.352 e. The van der Waals surface area contributed by atoms with E-state index in [9.17, 15) is 14.0 Å². The molecule has 7 nitrogen and oxygen atoms in total.